The number of anilines is 2. The maximum atomic E-state index is 13.1. The lowest BCUT2D eigenvalue weighted by atomic mass is 10.2. The van der Waals surface area contributed by atoms with Crippen LogP contribution in [0.15, 0.2) is 81.4 Å². The number of nitrogens with one attached hydrogen (secondary N) is 2. The molecular weight excluding hydrogens is 542 g/mol. The van der Waals surface area contributed by atoms with Crippen LogP contribution in [-0.4, -0.2) is 47.0 Å². The molecular formula is C24H24ClN3O5S3. The number of carbonyl (C=O) groups is 1. The van der Waals surface area contributed by atoms with Crippen molar-refractivity contribution in [2.45, 2.75) is 27.5 Å². The van der Waals surface area contributed by atoms with Gasteiger partial charge in [-0.3, -0.25) is 14.2 Å². The molecule has 1 heterocycles. The molecule has 0 aliphatic carbocycles. The van der Waals surface area contributed by atoms with E-state index >= 15 is 0 Å². The quantitative estimate of drug-likeness (QED) is 0.376. The molecule has 1 saturated heterocycles. The van der Waals surface area contributed by atoms with Crippen LogP contribution in [0, 0.1) is 0 Å². The van der Waals surface area contributed by atoms with E-state index in [9.17, 15) is 21.6 Å². The third kappa shape index (κ3) is 5.97. The highest BCUT2D eigenvalue weighted by molar-refractivity contribution is 7.98. The molecule has 1 fully saturated rings. The van der Waals surface area contributed by atoms with Crippen molar-refractivity contribution < 1.29 is 21.6 Å². The van der Waals surface area contributed by atoms with Crippen molar-refractivity contribution in [2.24, 2.45) is 0 Å². The van der Waals surface area contributed by atoms with E-state index < -0.39 is 20.0 Å². The molecule has 1 amide bonds. The van der Waals surface area contributed by atoms with Crippen LogP contribution in [0.4, 0.5) is 11.4 Å². The Hall–Kier alpha value is -2.73. The summed E-state index contributed by atoms with van der Waals surface area (Å²) in [5, 5.41) is 0.477. The zero-order valence-electron chi connectivity index (χ0n) is 19.3. The van der Waals surface area contributed by atoms with Gasteiger partial charge in [0.1, 0.15) is 0 Å². The van der Waals surface area contributed by atoms with Crippen molar-refractivity contribution in [1.82, 2.24) is 4.90 Å². The van der Waals surface area contributed by atoms with Crippen molar-refractivity contribution in [3.63, 3.8) is 0 Å². The summed E-state index contributed by atoms with van der Waals surface area (Å²) in [6.07, 6.45) is 3.70. The number of thioether (sulfide) groups is 1. The maximum absolute atomic E-state index is 13.1. The maximum Gasteiger partial charge on any atom is 0.261 e. The molecule has 0 atom stereocenters. The van der Waals surface area contributed by atoms with E-state index in [1.54, 1.807) is 23.1 Å². The van der Waals surface area contributed by atoms with Gasteiger partial charge < -0.3 is 4.90 Å². The van der Waals surface area contributed by atoms with Crippen LogP contribution >= 0.6 is 23.4 Å². The molecule has 0 unspecified atom stereocenters. The summed E-state index contributed by atoms with van der Waals surface area (Å²) >= 11 is 7.21. The van der Waals surface area contributed by atoms with Gasteiger partial charge in [0.25, 0.3) is 26.0 Å². The average Bonchev–Trinajstić information content (AvgIpc) is 3.40. The topological polar surface area (TPSA) is 113 Å². The summed E-state index contributed by atoms with van der Waals surface area (Å²) in [5.74, 6) is -0.184. The predicted molar refractivity (Wildman–Crippen MR) is 143 cm³/mol. The molecule has 3 aromatic rings. The van der Waals surface area contributed by atoms with Crippen LogP contribution in [0.1, 0.15) is 23.2 Å². The number of carbonyl (C=O) groups excluding carboxylic acids is 1. The van der Waals surface area contributed by atoms with E-state index in [0.29, 0.717) is 34.3 Å². The Labute approximate surface area is 220 Å². The molecule has 36 heavy (non-hydrogen) atoms. The van der Waals surface area contributed by atoms with E-state index in [0.717, 1.165) is 12.8 Å². The Morgan fingerprint density at radius 1 is 0.806 bits per heavy atom. The zero-order chi connectivity index (χ0) is 25.9. The molecule has 1 aliphatic heterocycles. The summed E-state index contributed by atoms with van der Waals surface area (Å²) in [7, 11) is -7.91. The van der Waals surface area contributed by atoms with E-state index in [1.807, 2.05) is 6.26 Å². The summed E-state index contributed by atoms with van der Waals surface area (Å²) in [5.41, 5.74) is 0.876. The molecule has 8 nitrogen and oxygen atoms in total. The number of hydrogen-bond acceptors (Lipinski definition) is 6. The largest absolute Gasteiger partial charge is 0.339 e. The highest BCUT2D eigenvalue weighted by atomic mass is 35.5. The predicted octanol–water partition coefficient (Wildman–Crippen LogP) is 4.90. The van der Waals surface area contributed by atoms with E-state index in [1.165, 1.54) is 60.3 Å². The van der Waals surface area contributed by atoms with Crippen molar-refractivity contribution in [3.8, 4) is 0 Å². The lowest BCUT2D eigenvalue weighted by molar-refractivity contribution is 0.0789. The molecule has 12 heteroatoms. The number of sulfonamides is 2. The minimum Gasteiger partial charge on any atom is -0.339 e. The fraction of sp³-hybridized carbons (Fsp3) is 0.208. The fourth-order valence-electron chi connectivity index (χ4n) is 3.76. The number of likely N-dealkylation sites (tertiary alicyclic amines) is 1. The Kier molecular flexibility index (Phi) is 7.84. The molecule has 4 rings (SSSR count). The highest BCUT2D eigenvalue weighted by Gasteiger charge is 2.25. The van der Waals surface area contributed by atoms with E-state index in [2.05, 4.69) is 9.44 Å². The summed E-state index contributed by atoms with van der Waals surface area (Å²) < 4.78 is 56.3. The lowest BCUT2D eigenvalue weighted by Crippen LogP contribution is -2.28. The van der Waals surface area contributed by atoms with Gasteiger partial charge >= 0.3 is 0 Å². The van der Waals surface area contributed by atoms with Gasteiger partial charge in [0.05, 0.1) is 15.4 Å². The summed E-state index contributed by atoms with van der Waals surface area (Å²) in [6.45, 7) is 1.31. The Morgan fingerprint density at radius 2 is 1.31 bits per heavy atom. The number of amides is 1. The standard InChI is InChI=1S/C24H24ClN3O5S3/c1-34-23-13-12-21(16-22(23)24(29)28-14-2-3-15-28)36(32,33)27-19-8-10-20(11-9-19)35(30,31)26-18-6-4-17(25)5-7-18/h4-13,16,26-27H,2-3,14-15H2,1H3. The van der Waals surface area contributed by atoms with Gasteiger partial charge in [0, 0.05) is 34.4 Å². The normalized spacial score (nSPS) is 14.0. The third-order valence-corrected chi connectivity index (χ3v) is 9.44. The van der Waals surface area contributed by atoms with Crippen LogP contribution in [0.5, 0.6) is 0 Å². The van der Waals surface area contributed by atoms with Crippen molar-refractivity contribution >= 4 is 60.7 Å². The smallest absolute Gasteiger partial charge is 0.261 e. The Morgan fingerprint density at radius 3 is 1.86 bits per heavy atom. The molecule has 0 bridgehead atoms. The van der Waals surface area contributed by atoms with Crippen LogP contribution in [0.3, 0.4) is 0 Å². The minimum atomic E-state index is -4.03. The van der Waals surface area contributed by atoms with Gasteiger partial charge in [-0.05, 0) is 85.8 Å². The van der Waals surface area contributed by atoms with Gasteiger partial charge in [-0.1, -0.05) is 11.6 Å². The molecule has 1 aliphatic rings. The Bertz CT molecular complexity index is 1470. The number of nitrogens with zero attached hydrogens (tertiary/aromatic N) is 1. The van der Waals surface area contributed by atoms with Crippen molar-refractivity contribution in [3.05, 3.63) is 77.3 Å². The van der Waals surface area contributed by atoms with Crippen LogP contribution in [-0.2, 0) is 20.0 Å². The molecule has 0 saturated carbocycles. The van der Waals surface area contributed by atoms with Gasteiger partial charge in [0.15, 0.2) is 0 Å². The SMILES string of the molecule is CSc1ccc(S(=O)(=O)Nc2ccc(S(=O)(=O)Nc3ccc(Cl)cc3)cc2)cc1C(=O)N1CCCC1. The number of benzene rings is 3. The van der Waals surface area contributed by atoms with Gasteiger partial charge in [-0.15, -0.1) is 11.8 Å². The van der Waals surface area contributed by atoms with Crippen LogP contribution in [0.25, 0.3) is 0 Å². The first-order chi connectivity index (χ1) is 17.1. The summed E-state index contributed by atoms with van der Waals surface area (Å²) in [6, 6.07) is 16.0. The molecule has 3 aromatic carbocycles. The lowest BCUT2D eigenvalue weighted by Gasteiger charge is -2.18. The van der Waals surface area contributed by atoms with Crippen LogP contribution < -0.4 is 9.44 Å². The molecule has 0 radical (unpaired) electrons. The third-order valence-electron chi connectivity index (χ3n) is 5.62. The van der Waals surface area contributed by atoms with Crippen molar-refractivity contribution in [2.75, 3.05) is 28.8 Å². The first-order valence-corrected chi connectivity index (χ1v) is 15.5. The summed E-state index contributed by atoms with van der Waals surface area (Å²) in [4.78, 5) is 15.3. The van der Waals surface area contributed by atoms with Crippen LogP contribution in [0.2, 0.25) is 5.02 Å². The molecule has 2 N–H and O–H groups in total. The van der Waals surface area contributed by atoms with E-state index in [4.69, 9.17) is 11.6 Å². The molecule has 190 valence electrons. The van der Waals surface area contributed by atoms with Gasteiger partial charge in [-0.25, -0.2) is 16.8 Å². The monoisotopic (exact) mass is 565 g/mol. The Balaban J connectivity index is 1.53. The zero-order valence-corrected chi connectivity index (χ0v) is 22.5. The van der Waals surface area contributed by atoms with Crippen molar-refractivity contribution in [1.29, 1.82) is 0 Å². The highest BCUT2D eigenvalue weighted by Crippen LogP contribution is 2.28. The second-order valence-corrected chi connectivity index (χ2v) is 12.8. The molecule has 0 aromatic heterocycles. The second-order valence-electron chi connectivity index (χ2n) is 8.10. The average molecular weight is 566 g/mol. The molecule has 0 spiro atoms. The minimum absolute atomic E-state index is 0.0387. The second kappa shape index (κ2) is 10.7. The number of rotatable bonds is 8. The number of hydrogen-bond donors (Lipinski definition) is 2. The van der Waals surface area contributed by atoms with Gasteiger partial charge in [-0.2, -0.15) is 0 Å². The van der Waals surface area contributed by atoms with Gasteiger partial charge in [0.2, 0.25) is 0 Å². The first kappa shape index (κ1) is 26.3. The fourth-order valence-corrected chi connectivity index (χ4v) is 6.60. The first-order valence-electron chi connectivity index (χ1n) is 11.0. The number of halogens is 1. The van der Waals surface area contributed by atoms with E-state index in [-0.39, 0.29) is 21.4 Å².